The van der Waals surface area contributed by atoms with Crippen molar-refractivity contribution in [3.05, 3.63) is 23.7 Å². The average Bonchev–Trinajstić information content (AvgIpc) is 3.33. The van der Waals surface area contributed by atoms with Gasteiger partial charge in [-0.3, -0.25) is 9.59 Å². The van der Waals surface area contributed by atoms with Crippen LogP contribution in [0.2, 0.25) is 0 Å². The van der Waals surface area contributed by atoms with Crippen molar-refractivity contribution in [2.75, 3.05) is 26.7 Å². The summed E-state index contributed by atoms with van der Waals surface area (Å²) in [6.45, 7) is 1.58. The Labute approximate surface area is 175 Å². The quantitative estimate of drug-likeness (QED) is 0.765. The number of ether oxygens (including phenoxy) is 1. The van der Waals surface area contributed by atoms with Crippen LogP contribution in [0.1, 0.15) is 54.8 Å². The number of nitrogens with one attached hydrogen (secondary N) is 1. The molecule has 3 aliphatic rings. The molecule has 0 radical (unpaired) electrons. The fraction of sp³-hybridized carbons (Fsp3) is 0.667. The van der Waals surface area contributed by atoms with E-state index >= 15 is 0 Å². The fourth-order valence-corrected chi connectivity index (χ4v) is 4.77. The molecule has 1 saturated carbocycles. The molecule has 2 saturated heterocycles. The summed E-state index contributed by atoms with van der Waals surface area (Å²) in [7, 11) is 1.74. The lowest BCUT2D eigenvalue weighted by atomic mass is 9.84. The number of rotatable bonds is 4. The smallest absolute Gasteiger partial charge is 0.410 e. The summed E-state index contributed by atoms with van der Waals surface area (Å²) in [4.78, 5) is 40.4. The van der Waals surface area contributed by atoms with E-state index in [-0.39, 0.29) is 42.2 Å². The molecule has 2 N–H and O–H groups in total. The molecule has 164 valence electrons. The second-order valence-corrected chi connectivity index (χ2v) is 8.68. The monoisotopic (exact) mass is 419 g/mol. The number of hydrogen-bond donors (Lipinski definition) is 2. The Morgan fingerprint density at radius 1 is 1.20 bits per heavy atom. The number of likely N-dealkylation sites (N-methyl/N-ethyl adjacent to an activating group) is 1. The Hall–Kier alpha value is -2.55. The average molecular weight is 419 g/mol. The highest BCUT2D eigenvalue weighted by molar-refractivity contribution is 5.91. The van der Waals surface area contributed by atoms with Crippen molar-refractivity contribution in [3.63, 3.8) is 0 Å². The van der Waals surface area contributed by atoms with E-state index in [1.165, 1.54) is 0 Å². The van der Waals surface area contributed by atoms with Crippen LogP contribution < -0.4 is 5.32 Å². The maximum absolute atomic E-state index is 13.0. The molecule has 0 unspecified atom stereocenters. The third-order valence-corrected chi connectivity index (χ3v) is 6.58. The summed E-state index contributed by atoms with van der Waals surface area (Å²) >= 11 is 0. The highest BCUT2D eigenvalue weighted by Gasteiger charge is 2.46. The maximum atomic E-state index is 13.0. The van der Waals surface area contributed by atoms with E-state index in [1.807, 2.05) is 4.90 Å². The van der Waals surface area contributed by atoms with E-state index in [9.17, 15) is 14.4 Å². The van der Waals surface area contributed by atoms with Crippen molar-refractivity contribution >= 4 is 17.9 Å². The third-order valence-electron chi connectivity index (χ3n) is 6.58. The van der Waals surface area contributed by atoms with Crippen LogP contribution in [0.15, 0.2) is 16.5 Å². The van der Waals surface area contributed by atoms with Gasteiger partial charge in [0, 0.05) is 44.9 Å². The number of amides is 3. The number of hydrogen-bond acceptors (Lipinski definition) is 6. The molecule has 1 aliphatic carbocycles. The minimum atomic E-state index is -0.438. The number of nitrogens with zero attached hydrogens (tertiary/aromatic N) is 2. The van der Waals surface area contributed by atoms with Crippen molar-refractivity contribution in [1.82, 2.24) is 15.1 Å². The molecule has 2 aliphatic heterocycles. The molecule has 1 spiro atoms. The van der Waals surface area contributed by atoms with Gasteiger partial charge in [0.2, 0.25) is 5.91 Å². The van der Waals surface area contributed by atoms with Crippen LogP contribution >= 0.6 is 0 Å². The van der Waals surface area contributed by atoms with Gasteiger partial charge in [-0.25, -0.2) is 4.79 Å². The molecule has 3 fully saturated rings. The van der Waals surface area contributed by atoms with Gasteiger partial charge in [0.15, 0.2) is 5.76 Å². The standard InChI is InChI=1S/C21H29N3O6/c1-23-13-21(30-20(23)28)8-10-24(11-9-21)19(27)14-2-4-15(5-3-14)22-18(26)17-7-6-16(12-25)29-17/h6-7,14-15,25H,2-5,8-13H2,1H3,(H,22,26). The van der Waals surface area contributed by atoms with E-state index in [4.69, 9.17) is 14.3 Å². The minimum absolute atomic E-state index is 0.0160. The molecule has 3 heterocycles. The third kappa shape index (κ3) is 4.16. The number of likely N-dealkylation sites (tertiary alicyclic amines) is 1. The number of aliphatic hydroxyl groups excluding tert-OH is 1. The van der Waals surface area contributed by atoms with Gasteiger partial charge < -0.3 is 29.4 Å². The second-order valence-electron chi connectivity index (χ2n) is 8.68. The molecule has 9 heteroatoms. The SMILES string of the molecule is CN1CC2(CCN(C(=O)C3CCC(NC(=O)c4ccc(CO)o4)CC3)CC2)OC1=O. The molecule has 1 aromatic heterocycles. The van der Waals surface area contributed by atoms with E-state index in [0.29, 0.717) is 38.2 Å². The first-order valence-electron chi connectivity index (χ1n) is 10.6. The summed E-state index contributed by atoms with van der Waals surface area (Å²) in [6, 6.07) is 3.15. The van der Waals surface area contributed by atoms with Crippen molar-refractivity contribution in [1.29, 1.82) is 0 Å². The molecule has 3 amide bonds. The predicted octanol–water partition coefficient (Wildman–Crippen LogP) is 1.50. The summed E-state index contributed by atoms with van der Waals surface area (Å²) < 4.78 is 10.8. The van der Waals surface area contributed by atoms with E-state index < -0.39 is 5.60 Å². The molecule has 30 heavy (non-hydrogen) atoms. The maximum Gasteiger partial charge on any atom is 0.410 e. The number of carbonyl (C=O) groups is 3. The second kappa shape index (κ2) is 8.29. The highest BCUT2D eigenvalue weighted by Crippen LogP contribution is 2.34. The van der Waals surface area contributed by atoms with Gasteiger partial charge in [-0.05, 0) is 37.8 Å². The van der Waals surface area contributed by atoms with E-state index in [2.05, 4.69) is 5.32 Å². The van der Waals surface area contributed by atoms with E-state index in [1.54, 1.807) is 24.1 Å². The molecular formula is C21H29N3O6. The van der Waals surface area contributed by atoms with Crippen molar-refractivity contribution in [2.24, 2.45) is 5.92 Å². The Morgan fingerprint density at radius 2 is 1.90 bits per heavy atom. The molecule has 0 aromatic carbocycles. The first kappa shape index (κ1) is 20.7. The lowest BCUT2D eigenvalue weighted by molar-refractivity contribution is -0.140. The van der Waals surface area contributed by atoms with Gasteiger partial charge in [0.25, 0.3) is 5.91 Å². The van der Waals surface area contributed by atoms with Gasteiger partial charge >= 0.3 is 6.09 Å². The zero-order valence-corrected chi connectivity index (χ0v) is 17.3. The molecule has 1 aromatic rings. The van der Waals surface area contributed by atoms with Gasteiger partial charge in [0.1, 0.15) is 18.0 Å². The molecule has 9 nitrogen and oxygen atoms in total. The summed E-state index contributed by atoms with van der Waals surface area (Å²) in [6.07, 6.45) is 4.05. The van der Waals surface area contributed by atoms with Crippen molar-refractivity contribution in [3.8, 4) is 0 Å². The Kier molecular flexibility index (Phi) is 5.73. The predicted molar refractivity (Wildman–Crippen MR) is 105 cm³/mol. The van der Waals surface area contributed by atoms with Crippen molar-refractivity contribution in [2.45, 2.75) is 56.8 Å². The number of aliphatic hydroxyl groups is 1. The molecule has 4 rings (SSSR count). The van der Waals surface area contributed by atoms with Crippen LogP contribution in [0.3, 0.4) is 0 Å². The largest absolute Gasteiger partial charge is 0.453 e. The Morgan fingerprint density at radius 3 is 2.47 bits per heavy atom. The summed E-state index contributed by atoms with van der Waals surface area (Å²) in [5.74, 6) is 0.410. The van der Waals surface area contributed by atoms with E-state index in [0.717, 1.165) is 25.7 Å². The highest BCUT2D eigenvalue weighted by atomic mass is 16.6. The van der Waals surface area contributed by atoms with Crippen molar-refractivity contribution < 1.29 is 28.6 Å². The van der Waals surface area contributed by atoms with Gasteiger partial charge in [-0.15, -0.1) is 0 Å². The van der Waals surface area contributed by atoms with Crippen LogP contribution in [0, 0.1) is 5.92 Å². The number of piperidine rings is 1. The van der Waals surface area contributed by atoms with Gasteiger partial charge in [0.05, 0.1) is 6.54 Å². The van der Waals surface area contributed by atoms with Crippen LogP contribution in [-0.4, -0.2) is 71.1 Å². The summed E-state index contributed by atoms with van der Waals surface area (Å²) in [5, 5.41) is 12.0. The zero-order valence-electron chi connectivity index (χ0n) is 17.3. The van der Waals surface area contributed by atoms with Crippen LogP contribution in [0.25, 0.3) is 0 Å². The topological polar surface area (TPSA) is 112 Å². The van der Waals surface area contributed by atoms with Crippen LogP contribution in [-0.2, 0) is 16.1 Å². The number of furan rings is 1. The normalized spacial score (nSPS) is 26.0. The molecule has 0 bridgehead atoms. The molecule has 0 atom stereocenters. The minimum Gasteiger partial charge on any atom is -0.453 e. The van der Waals surface area contributed by atoms with Gasteiger partial charge in [-0.1, -0.05) is 0 Å². The molecular weight excluding hydrogens is 390 g/mol. The zero-order chi connectivity index (χ0) is 21.3. The van der Waals surface area contributed by atoms with Gasteiger partial charge in [-0.2, -0.15) is 0 Å². The first-order valence-corrected chi connectivity index (χ1v) is 10.6. The van der Waals surface area contributed by atoms with Crippen LogP contribution in [0.5, 0.6) is 0 Å². The fourth-order valence-electron chi connectivity index (χ4n) is 4.77. The van der Waals surface area contributed by atoms with Crippen LogP contribution in [0.4, 0.5) is 4.79 Å². The lowest BCUT2D eigenvalue weighted by Crippen LogP contribution is -2.50. The lowest BCUT2D eigenvalue weighted by Gasteiger charge is -2.39. The Bertz CT molecular complexity index is 805. The Balaban J connectivity index is 1.23. The summed E-state index contributed by atoms with van der Waals surface area (Å²) in [5.41, 5.74) is -0.438. The number of carbonyl (C=O) groups excluding carboxylic acids is 3. The first-order chi connectivity index (χ1) is 14.4.